The van der Waals surface area contributed by atoms with Crippen molar-refractivity contribution in [2.75, 3.05) is 13.2 Å². The van der Waals surface area contributed by atoms with E-state index in [-0.39, 0.29) is 12.5 Å². The predicted molar refractivity (Wildman–Crippen MR) is 332 cm³/mol. The zero-order chi connectivity index (χ0) is 56.5. The van der Waals surface area contributed by atoms with Gasteiger partial charge >= 0.3 is 0 Å². The minimum atomic E-state index is -1.57. The van der Waals surface area contributed by atoms with Gasteiger partial charge in [0.05, 0.1) is 25.4 Å². The number of unbranched alkanes of at least 4 members (excludes halogenated alkanes) is 49. The highest BCUT2D eigenvalue weighted by molar-refractivity contribution is 5.76. The van der Waals surface area contributed by atoms with Gasteiger partial charge in [0, 0.05) is 6.42 Å². The molecule has 1 rings (SSSR count). The number of hydrogen-bond donors (Lipinski definition) is 6. The summed E-state index contributed by atoms with van der Waals surface area (Å²) in [6, 6.07) is -0.803. The van der Waals surface area contributed by atoms with Crippen molar-refractivity contribution in [2.45, 2.75) is 397 Å². The number of nitrogens with one attached hydrogen (secondary N) is 1. The summed E-state index contributed by atoms with van der Waals surface area (Å²) in [6.45, 7) is 3.84. The summed E-state index contributed by atoms with van der Waals surface area (Å²) in [7, 11) is 0. The SMILES string of the molecule is CCCCCCCCCC/C=C\CCCCCCCCCCCCCCCCCCCCCC(=O)NC(COC1OC(CO)C(O)C(O)C1O)C(O)/C=C/CCCCCCCCCCCCCCCCCCCCCCCC. The van der Waals surface area contributed by atoms with Gasteiger partial charge in [-0.2, -0.15) is 0 Å². The number of carbonyl (C=O) groups excluding carboxylic acids is 1. The van der Waals surface area contributed by atoms with E-state index in [1.54, 1.807) is 6.08 Å². The van der Waals surface area contributed by atoms with Crippen LogP contribution in [0.1, 0.15) is 354 Å². The fraction of sp³-hybridized carbons (Fsp3) is 0.928. The molecule has 78 heavy (non-hydrogen) atoms. The maximum Gasteiger partial charge on any atom is 0.220 e. The molecule has 0 bridgehead atoms. The third-order valence-electron chi connectivity index (χ3n) is 16.8. The first kappa shape index (κ1) is 74.7. The summed E-state index contributed by atoms with van der Waals surface area (Å²) in [5.74, 6) is -0.169. The molecular weight excluding hydrogens is 971 g/mol. The van der Waals surface area contributed by atoms with E-state index in [4.69, 9.17) is 9.47 Å². The second-order valence-corrected chi connectivity index (χ2v) is 24.3. The van der Waals surface area contributed by atoms with Crippen molar-refractivity contribution in [3.05, 3.63) is 24.3 Å². The molecule has 0 spiro atoms. The van der Waals surface area contributed by atoms with Crippen molar-refractivity contribution >= 4 is 5.91 Å². The van der Waals surface area contributed by atoms with E-state index in [0.717, 1.165) is 38.5 Å². The van der Waals surface area contributed by atoms with Crippen molar-refractivity contribution in [2.24, 2.45) is 0 Å². The standard InChI is InChI=1S/C69H133NO8/c1-3-5-7-9-11-13-15-17-19-21-23-25-27-29-30-31-32-33-34-35-37-39-41-43-45-47-49-51-53-55-57-59-65(73)70-62(61-77-69-68(76)67(75)66(74)64(60-71)78-69)63(72)58-56-54-52-50-48-46-44-42-40-38-36-28-26-24-22-20-18-16-14-12-10-8-6-4-2/h21,23,56,58,62-64,66-69,71-72,74-76H,3-20,22,24-55,57,59-61H2,1-2H3,(H,70,73)/b23-21-,58-56+. The molecule has 0 radical (unpaired) electrons. The molecule has 9 heteroatoms. The van der Waals surface area contributed by atoms with E-state index in [1.165, 1.54) is 295 Å². The van der Waals surface area contributed by atoms with Crippen LogP contribution in [0.5, 0.6) is 0 Å². The van der Waals surface area contributed by atoms with Crippen LogP contribution in [0.3, 0.4) is 0 Å². The van der Waals surface area contributed by atoms with Gasteiger partial charge in [0.15, 0.2) is 6.29 Å². The summed E-state index contributed by atoms with van der Waals surface area (Å²) in [5, 5.41) is 54.7. The smallest absolute Gasteiger partial charge is 0.220 e. The molecule has 7 atom stereocenters. The Balaban J connectivity index is 2.12. The molecule has 0 aromatic heterocycles. The molecular formula is C69H133NO8. The lowest BCUT2D eigenvalue weighted by molar-refractivity contribution is -0.302. The Hall–Kier alpha value is -1.33. The van der Waals surface area contributed by atoms with E-state index >= 15 is 0 Å². The second kappa shape index (κ2) is 58.9. The Kier molecular flexibility index (Phi) is 56.3. The monoisotopic (exact) mass is 1100 g/mol. The number of carbonyl (C=O) groups is 1. The normalized spacial score (nSPS) is 18.7. The van der Waals surface area contributed by atoms with Gasteiger partial charge in [0.25, 0.3) is 0 Å². The quantitative estimate of drug-likeness (QED) is 0.0261. The minimum Gasteiger partial charge on any atom is -0.394 e. The number of rotatable bonds is 61. The van der Waals surface area contributed by atoms with Crippen LogP contribution in [-0.2, 0) is 14.3 Å². The average Bonchev–Trinajstić information content (AvgIpc) is 3.45. The number of amides is 1. The highest BCUT2D eigenvalue weighted by atomic mass is 16.7. The first-order chi connectivity index (χ1) is 38.3. The van der Waals surface area contributed by atoms with Crippen LogP contribution in [0.2, 0.25) is 0 Å². The Morgan fingerprint density at radius 1 is 0.423 bits per heavy atom. The minimum absolute atomic E-state index is 0.169. The van der Waals surface area contributed by atoms with Crippen molar-refractivity contribution in [1.29, 1.82) is 0 Å². The summed E-state index contributed by atoms with van der Waals surface area (Å²) >= 11 is 0. The van der Waals surface area contributed by atoms with Crippen LogP contribution < -0.4 is 5.32 Å². The Morgan fingerprint density at radius 2 is 0.718 bits per heavy atom. The zero-order valence-corrected chi connectivity index (χ0v) is 51.7. The van der Waals surface area contributed by atoms with Crippen LogP contribution in [0.4, 0.5) is 0 Å². The maximum atomic E-state index is 13.1. The molecule has 462 valence electrons. The topological polar surface area (TPSA) is 149 Å². The van der Waals surface area contributed by atoms with Crippen LogP contribution in [0, 0.1) is 0 Å². The fourth-order valence-corrected chi connectivity index (χ4v) is 11.3. The summed E-state index contributed by atoms with van der Waals surface area (Å²) in [6.07, 6.45) is 70.0. The molecule has 0 aromatic rings. The third-order valence-corrected chi connectivity index (χ3v) is 16.8. The van der Waals surface area contributed by atoms with Crippen LogP contribution in [0.25, 0.3) is 0 Å². The van der Waals surface area contributed by atoms with Crippen molar-refractivity contribution in [1.82, 2.24) is 5.32 Å². The molecule has 1 aliphatic heterocycles. The van der Waals surface area contributed by atoms with E-state index in [9.17, 15) is 30.3 Å². The number of allylic oxidation sites excluding steroid dienone is 3. The summed E-state index contributed by atoms with van der Waals surface area (Å²) in [5.41, 5.74) is 0. The van der Waals surface area contributed by atoms with E-state index in [2.05, 4.69) is 31.3 Å². The molecule has 1 heterocycles. The molecule has 0 aliphatic carbocycles. The van der Waals surface area contributed by atoms with Crippen LogP contribution in [-0.4, -0.2) is 87.5 Å². The molecule has 7 unspecified atom stereocenters. The van der Waals surface area contributed by atoms with Gasteiger partial charge < -0.3 is 40.3 Å². The molecule has 1 fully saturated rings. The largest absolute Gasteiger partial charge is 0.394 e. The molecule has 0 saturated carbocycles. The lowest BCUT2D eigenvalue weighted by Gasteiger charge is -2.40. The lowest BCUT2D eigenvalue weighted by atomic mass is 9.99. The van der Waals surface area contributed by atoms with E-state index in [1.807, 2.05) is 6.08 Å². The van der Waals surface area contributed by atoms with Gasteiger partial charge in [-0.05, 0) is 44.9 Å². The second-order valence-electron chi connectivity index (χ2n) is 24.3. The zero-order valence-electron chi connectivity index (χ0n) is 51.7. The van der Waals surface area contributed by atoms with Gasteiger partial charge in [-0.15, -0.1) is 0 Å². The molecule has 0 aromatic carbocycles. The van der Waals surface area contributed by atoms with Crippen LogP contribution >= 0.6 is 0 Å². The Bertz CT molecular complexity index is 1280. The van der Waals surface area contributed by atoms with Gasteiger partial charge in [-0.3, -0.25) is 4.79 Å². The Labute approximate surface area is 483 Å². The Morgan fingerprint density at radius 3 is 1.04 bits per heavy atom. The van der Waals surface area contributed by atoms with E-state index in [0.29, 0.717) is 6.42 Å². The average molecular weight is 1100 g/mol. The molecule has 9 nitrogen and oxygen atoms in total. The van der Waals surface area contributed by atoms with Gasteiger partial charge in [-0.25, -0.2) is 0 Å². The lowest BCUT2D eigenvalue weighted by Crippen LogP contribution is -2.60. The predicted octanol–water partition coefficient (Wildman–Crippen LogP) is 18.5. The molecule has 1 aliphatic rings. The van der Waals surface area contributed by atoms with Gasteiger partial charge in [-0.1, -0.05) is 327 Å². The summed E-state index contributed by atoms with van der Waals surface area (Å²) < 4.78 is 11.3. The highest BCUT2D eigenvalue weighted by Gasteiger charge is 2.44. The number of hydrogen-bond acceptors (Lipinski definition) is 8. The number of aliphatic hydroxyl groups is 5. The van der Waals surface area contributed by atoms with Gasteiger partial charge in [0.2, 0.25) is 5.91 Å². The first-order valence-electron chi connectivity index (χ1n) is 34.6. The van der Waals surface area contributed by atoms with Crippen molar-refractivity contribution in [3.63, 3.8) is 0 Å². The fourth-order valence-electron chi connectivity index (χ4n) is 11.3. The molecule has 1 saturated heterocycles. The number of aliphatic hydroxyl groups excluding tert-OH is 5. The van der Waals surface area contributed by atoms with Gasteiger partial charge in [0.1, 0.15) is 24.4 Å². The molecule has 1 amide bonds. The van der Waals surface area contributed by atoms with E-state index < -0.39 is 49.5 Å². The summed E-state index contributed by atoms with van der Waals surface area (Å²) in [4.78, 5) is 13.1. The maximum absolute atomic E-state index is 13.1. The molecule has 6 N–H and O–H groups in total. The third kappa shape index (κ3) is 47.2. The van der Waals surface area contributed by atoms with Crippen LogP contribution in [0.15, 0.2) is 24.3 Å². The number of ether oxygens (including phenoxy) is 2. The highest BCUT2D eigenvalue weighted by Crippen LogP contribution is 2.23. The van der Waals surface area contributed by atoms with Crippen molar-refractivity contribution < 1.29 is 39.8 Å². The van der Waals surface area contributed by atoms with Crippen molar-refractivity contribution in [3.8, 4) is 0 Å². The first-order valence-corrected chi connectivity index (χ1v) is 34.6.